The summed E-state index contributed by atoms with van der Waals surface area (Å²) in [5.41, 5.74) is -0.802. The molecule has 0 heterocycles. The first kappa shape index (κ1) is 22.7. The zero-order chi connectivity index (χ0) is 17.6. The minimum Gasteiger partial charge on any atom is -0.396 e. The fraction of sp³-hybridized carbons (Fsp3) is 1.00. The monoisotopic (exact) mass is 338 g/mol. The molecule has 0 aromatic carbocycles. The minimum atomic E-state index is -0.403. The van der Waals surface area contributed by atoms with Crippen LogP contribution in [0, 0.1) is 10.8 Å². The average molecular weight is 338 g/mol. The van der Waals surface area contributed by atoms with Gasteiger partial charge in [-0.1, -0.05) is 13.8 Å². The molecular formula is C16H34O7. The average Bonchev–Trinajstić information content (AvgIpc) is 2.54. The Morgan fingerprint density at radius 2 is 1.13 bits per heavy atom. The van der Waals surface area contributed by atoms with Crippen molar-refractivity contribution >= 4 is 0 Å². The number of aliphatic hydroxyl groups excluding tert-OH is 1. The van der Waals surface area contributed by atoms with Crippen LogP contribution in [0.1, 0.15) is 27.7 Å². The maximum absolute atomic E-state index is 9.42. The van der Waals surface area contributed by atoms with Gasteiger partial charge >= 0.3 is 0 Å². The van der Waals surface area contributed by atoms with Gasteiger partial charge in [-0.05, 0) is 13.8 Å². The molecule has 2 atom stereocenters. The third-order valence-electron chi connectivity index (χ3n) is 3.38. The van der Waals surface area contributed by atoms with Gasteiger partial charge in [0, 0.05) is 24.0 Å². The molecule has 0 saturated heterocycles. The number of hydrogen-bond acceptors (Lipinski definition) is 7. The third-order valence-corrected chi connectivity index (χ3v) is 3.38. The Labute approximate surface area is 139 Å². The van der Waals surface area contributed by atoms with Gasteiger partial charge in [0.05, 0.1) is 52.9 Å². The minimum absolute atomic E-state index is 0.00806. The first-order chi connectivity index (χ1) is 10.9. The highest BCUT2D eigenvalue weighted by molar-refractivity contribution is 4.73. The van der Waals surface area contributed by atoms with Crippen molar-refractivity contribution in [3.8, 4) is 0 Å². The second-order valence-electron chi connectivity index (χ2n) is 6.43. The van der Waals surface area contributed by atoms with Crippen LogP contribution in [0.15, 0.2) is 0 Å². The van der Waals surface area contributed by atoms with Gasteiger partial charge in [0.15, 0.2) is 0 Å². The Hall–Kier alpha value is -0.280. The van der Waals surface area contributed by atoms with Crippen LogP contribution in [0.2, 0.25) is 0 Å². The molecule has 0 saturated carbocycles. The van der Waals surface area contributed by atoms with Crippen molar-refractivity contribution in [2.24, 2.45) is 10.8 Å². The molecule has 0 aromatic rings. The second-order valence-corrected chi connectivity index (χ2v) is 6.43. The Kier molecular flexibility index (Phi) is 12.9. The molecule has 0 aliphatic rings. The molecule has 0 amide bonds. The molecule has 140 valence electrons. The van der Waals surface area contributed by atoms with Gasteiger partial charge in [-0.2, -0.15) is 0 Å². The lowest BCUT2D eigenvalue weighted by Crippen LogP contribution is -2.35. The normalized spacial score (nSPS) is 17.0. The molecule has 0 rings (SSSR count). The number of aliphatic hydroxyl groups is 1. The fourth-order valence-corrected chi connectivity index (χ4v) is 1.87. The van der Waals surface area contributed by atoms with E-state index in [1.807, 2.05) is 27.7 Å². The fourth-order valence-electron chi connectivity index (χ4n) is 1.87. The van der Waals surface area contributed by atoms with Crippen LogP contribution in [0.4, 0.5) is 0 Å². The summed E-state index contributed by atoms with van der Waals surface area (Å²) in [5, 5.41) is 18.1. The van der Waals surface area contributed by atoms with Crippen molar-refractivity contribution in [1.29, 1.82) is 0 Å². The molecule has 2 N–H and O–H groups in total. The molecule has 0 aliphatic carbocycles. The Bertz CT molecular complexity index is 277. The van der Waals surface area contributed by atoms with Crippen LogP contribution in [-0.2, 0) is 23.8 Å². The van der Waals surface area contributed by atoms with Gasteiger partial charge in [-0.3, -0.25) is 5.26 Å². The predicted molar refractivity (Wildman–Crippen MR) is 86.5 cm³/mol. The van der Waals surface area contributed by atoms with Gasteiger partial charge < -0.3 is 24.1 Å². The SMILES string of the molecule is CCOCC(C)(CO)COCCOCC(C)(COO)COCC. The quantitative estimate of drug-likeness (QED) is 0.251. The van der Waals surface area contributed by atoms with Crippen LogP contribution in [0.25, 0.3) is 0 Å². The topological polar surface area (TPSA) is 86.6 Å². The molecule has 7 nitrogen and oxygen atoms in total. The van der Waals surface area contributed by atoms with Crippen molar-refractivity contribution in [2.45, 2.75) is 27.7 Å². The summed E-state index contributed by atoms with van der Waals surface area (Å²) in [7, 11) is 0. The molecule has 0 aromatic heterocycles. The summed E-state index contributed by atoms with van der Waals surface area (Å²) < 4.78 is 21.9. The molecule has 0 aliphatic heterocycles. The molecule has 0 fully saturated rings. The zero-order valence-electron chi connectivity index (χ0n) is 15.0. The van der Waals surface area contributed by atoms with Crippen LogP contribution < -0.4 is 0 Å². The largest absolute Gasteiger partial charge is 0.396 e. The van der Waals surface area contributed by atoms with Gasteiger partial charge in [-0.25, -0.2) is 4.89 Å². The second kappa shape index (κ2) is 13.1. The van der Waals surface area contributed by atoms with E-state index in [-0.39, 0.29) is 13.2 Å². The van der Waals surface area contributed by atoms with Gasteiger partial charge in [0.25, 0.3) is 0 Å². The number of hydrogen-bond donors (Lipinski definition) is 2. The van der Waals surface area contributed by atoms with Crippen molar-refractivity contribution in [1.82, 2.24) is 0 Å². The van der Waals surface area contributed by atoms with Crippen LogP contribution in [0.5, 0.6) is 0 Å². The van der Waals surface area contributed by atoms with E-state index in [1.165, 1.54) is 0 Å². The van der Waals surface area contributed by atoms with Gasteiger partial charge in [0.1, 0.15) is 0 Å². The van der Waals surface area contributed by atoms with E-state index in [9.17, 15) is 5.11 Å². The van der Waals surface area contributed by atoms with Crippen molar-refractivity contribution in [3.63, 3.8) is 0 Å². The highest BCUT2D eigenvalue weighted by atomic mass is 17.1. The highest BCUT2D eigenvalue weighted by Gasteiger charge is 2.26. The smallest absolute Gasteiger partial charge is 0.0917 e. The molecule has 7 heteroatoms. The van der Waals surface area contributed by atoms with E-state index < -0.39 is 10.8 Å². The van der Waals surface area contributed by atoms with Crippen molar-refractivity contribution in [2.75, 3.05) is 66.1 Å². The highest BCUT2D eigenvalue weighted by Crippen LogP contribution is 2.18. The standard InChI is InChI=1S/C16H34O7/c1-5-19-10-15(3,9-17)11-21-7-8-22-13-16(4,14-23-18)12-20-6-2/h17-18H,5-14H2,1-4H3. The van der Waals surface area contributed by atoms with E-state index in [0.717, 1.165) is 0 Å². The third kappa shape index (κ3) is 11.0. The van der Waals surface area contributed by atoms with Crippen LogP contribution >= 0.6 is 0 Å². The van der Waals surface area contributed by atoms with E-state index in [1.54, 1.807) is 0 Å². The van der Waals surface area contributed by atoms with Gasteiger partial charge in [0.2, 0.25) is 0 Å². The Balaban J connectivity index is 3.92. The van der Waals surface area contributed by atoms with Crippen LogP contribution in [0.3, 0.4) is 0 Å². The summed E-state index contributed by atoms with van der Waals surface area (Å²) in [6.07, 6.45) is 0. The maximum Gasteiger partial charge on any atom is 0.0917 e. The maximum atomic E-state index is 9.42. The summed E-state index contributed by atoms with van der Waals surface area (Å²) in [6.45, 7) is 11.6. The molecule has 23 heavy (non-hydrogen) atoms. The molecule has 0 spiro atoms. The van der Waals surface area contributed by atoms with Crippen molar-refractivity contribution in [3.05, 3.63) is 0 Å². The van der Waals surface area contributed by atoms with E-state index in [0.29, 0.717) is 52.9 Å². The van der Waals surface area contributed by atoms with E-state index in [4.69, 9.17) is 24.2 Å². The molecule has 2 unspecified atom stereocenters. The molecule has 0 bridgehead atoms. The van der Waals surface area contributed by atoms with E-state index in [2.05, 4.69) is 4.89 Å². The molecule has 0 radical (unpaired) electrons. The summed E-state index contributed by atoms with van der Waals surface area (Å²) in [6, 6.07) is 0. The lowest BCUT2D eigenvalue weighted by atomic mass is 9.94. The zero-order valence-corrected chi connectivity index (χ0v) is 15.0. The summed E-state index contributed by atoms with van der Waals surface area (Å²) >= 11 is 0. The lowest BCUT2D eigenvalue weighted by Gasteiger charge is -2.28. The van der Waals surface area contributed by atoms with Gasteiger partial charge in [-0.15, -0.1) is 0 Å². The lowest BCUT2D eigenvalue weighted by molar-refractivity contribution is -0.269. The van der Waals surface area contributed by atoms with Crippen molar-refractivity contribution < 1.29 is 34.2 Å². The Morgan fingerprint density at radius 3 is 1.57 bits per heavy atom. The first-order valence-electron chi connectivity index (χ1n) is 8.13. The molecular weight excluding hydrogens is 304 g/mol. The summed E-state index contributed by atoms with van der Waals surface area (Å²) in [5.74, 6) is 0. The van der Waals surface area contributed by atoms with Crippen LogP contribution in [-0.4, -0.2) is 76.4 Å². The number of ether oxygens (including phenoxy) is 4. The summed E-state index contributed by atoms with van der Waals surface area (Å²) in [4.78, 5) is 4.25. The first-order valence-corrected chi connectivity index (χ1v) is 8.13. The predicted octanol–water partition coefficient (Wildman–Crippen LogP) is 1.59. The number of rotatable bonds is 16. The Morgan fingerprint density at radius 1 is 0.696 bits per heavy atom. The van der Waals surface area contributed by atoms with E-state index >= 15 is 0 Å².